The zero-order chi connectivity index (χ0) is 17.0. The van der Waals surface area contributed by atoms with Gasteiger partial charge in [0, 0.05) is 25.2 Å². The second-order valence-corrected chi connectivity index (χ2v) is 4.91. The summed E-state index contributed by atoms with van der Waals surface area (Å²) in [6.07, 6.45) is 0. The molecule has 0 saturated heterocycles. The van der Waals surface area contributed by atoms with Gasteiger partial charge in [-0.25, -0.2) is 18.7 Å². The Bertz CT molecular complexity index is 717. The lowest BCUT2D eigenvalue weighted by Gasteiger charge is -2.18. The van der Waals surface area contributed by atoms with E-state index >= 15 is 0 Å². The van der Waals surface area contributed by atoms with E-state index in [1.54, 1.807) is 11.8 Å². The lowest BCUT2D eigenvalue weighted by molar-refractivity contribution is 0.0766. The minimum atomic E-state index is -0.738. The van der Waals surface area contributed by atoms with Crippen molar-refractivity contribution >= 4 is 17.4 Å². The first-order valence-electron chi connectivity index (χ1n) is 7.31. The molecule has 0 bridgehead atoms. The summed E-state index contributed by atoms with van der Waals surface area (Å²) in [7, 11) is 0. The van der Waals surface area contributed by atoms with E-state index in [1.807, 2.05) is 13.8 Å². The molecule has 1 N–H and O–H groups in total. The molecule has 0 spiro atoms. The van der Waals surface area contributed by atoms with Gasteiger partial charge in [-0.05, 0) is 32.9 Å². The van der Waals surface area contributed by atoms with Gasteiger partial charge in [0.2, 0.25) is 0 Å². The Hall–Kier alpha value is -2.57. The predicted octanol–water partition coefficient (Wildman–Crippen LogP) is 3.29. The quantitative estimate of drug-likeness (QED) is 0.918. The molecule has 2 aromatic rings. The zero-order valence-electron chi connectivity index (χ0n) is 13.2. The Morgan fingerprint density at radius 2 is 1.87 bits per heavy atom. The molecule has 0 unspecified atom stereocenters. The number of nitrogens with one attached hydrogen (secondary N) is 1. The van der Waals surface area contributed by atoms with Gasteiger partial charge in [-0.15, -0.1) is 0 Å². The second-order valence-electron chi connectivity index (χ2n) is 4.91. The molecule has 1 amide bonds. The van der Waals surface area contributed by atoms with Crippen LogP contribution in [0.2, 0.25) is 0 Å². The second kappa shape index (κ2) is 7.13. The minimum Gasteiger partial charge on any atom is -0.338 e. The van der Waals surface area contributed by atoms with E-state index in [4.69, 9.17) is 0 Å². The van der Waals surface area contributed by atoms with Gasteiger partial charge in [-0.2, -0.15) is 0 Å². The van der Waals surface area contributed by atoms with Crippen LogP contribution in [0.25, 0.3) is 0 Å². The van der Waals surface area contributed by atoms with Crippen molar-refractivity contribution in [2.45, 2.75) is 20.8 Å². The van der Waals surface area contributed by atoms with Crippen LogP contribution in [0.4, 0.5) is 20.3 Å². The minimum absolute atomic E-state index is 0.0748. The number of nitrogens with zero attached hydrogens (tertiary/aromatic N) is 3. The van der Waals surface area contributed by atoms with Gasteiger partial charge < -0.3 is 10.2 Å². The molecule has 1 aromatic carbocycles. The number of rotatable bonds is 5. The molecule has 7 heteroatoms. The number of hydrogen-bond acceptors (Lipinski definition) is 4. The number of carbonyl (C=O) groups is 1. The van der Waals surface area contributed by atoms with E-state index in [9.17, 15) is 13.6 Å². The highest BCUT2D eigenvalue weighted by molar-refractivity contribution is 5.93. The molecule has 23 heavy (non-hydrogen) atoms. The number of aryl methyl sites for hydroxylation is 1. The highest BCUT2D eigenvalue weighted by Crippen LogP contribution is 2.20. The van der Waals surface area contributed by atoms with Gasteiger partial charge in [0.25, 0.3) is 5.91 Å². The van der Waals surface area contributed by atoms with Crippen molar-refractivity contribution in [1.82, 2.24) is 14.9 Å². The number of benzene rings is 1. The fourth-order valence-corrected chi connectivity index (χ4v) is 2.14. The highest BCUT2D eigenvalue weighted by atomic mass is 19.1. The fraction of sp³-hybridized carbons (Fsp3) is 0.312. The number of carbonyl (C=O) groups excluding carboxylic acids is 1. The first kappa shape index (κ1) is 16.8. The summed E-state index contributed by atoms with van der Waals surface area (Å²) >= 11 is 0. The average molecular weight is 320 g/mol. The third kappa shape index (κ3) is 4.00. The molecule has 0 fully saturated rings. The van der Waals surface area contributed by atoms with Crippen LogP contribution in [0.15, 0.2) is 24.3 Å². The maximum Gasteiger partial charge on any atom is 0.272 e. The Morgan fingerprint density at radius 3 is 2.48 bits per heavy atom. The number of hydrogen-bond donors (Lipinski definition) is 1. The summed E-state index contributed by atoms with van der Waals surface area (Å²) in [5.74, 6) is -0.961. The Balaban J connectivity index is 2.32. The van der Waals surface area contributed by atoms with Gasteiger partial charge in [0.15, 0.2) is 0 Å². The van der Waals surface area contributed by atoms with Crippen LogP contribution in [0.3, 0.4) is 0 Å². The fourth-order valence-electron chi connectivity index (χ4n) is 2.14. The van der Waals surface area contributed by atoms with Crippen LogP contribution in [-0.2, 0) is 0 Å². The molecular weight excluding hydrogens is 302 g/mol. The monoisotopic (exact) mass is 320 g/mol. The van der Waals surface area contributed by atoms with Crippen molar-refractivity contribution < 1.29 is 13.6 Å². The molecule has 0 aliphatic carbocycles. The first-order valence-corrected chi connectivity index (χ1v) is 7.31. The molecule has 0 saturated carbocycles. The smallest absolute Gasteiger partial charge is 0.272 e. The molecule has 5 nitrogen and oxygen atoms in total. The van der Waals surface area contributed by atoms with Gasteiger partial charge in [-0.3, -0.25) is 4.79 Å². The number of amides is 1. The topological polar surface area (TPSA) is 58.1 Å². The summed E-state index contributed by atoms with van der Waals surface area (Å²) in [6, 6.07) is 4.64. The van der Waals surface area contributed by atoms with E-state index in [0.717, 1.165) is 12.1 Å². The third-order valence-corrected chi connectivity index (χ3v) is 3.30. The van der Waals surface area contributed by atoms with E-state index in [-0.39, 0.29) is 23.1 Å². The van der Waals surface area contributed by atoms with E-state index in [2.05, 4.69) is 15.3 Å². The van der Waals surface area contributed by atoms with E-state index < -0.39 is 11.6 Å². The Kier molecular flexibility index (Phi) is 5.20. The molecule has 1 aromatic heterocycles. The lowest BCUT2D eigenvalue weighted by Crippen LogP contribution is -2.31. The SMILES string of the molecule is CCN(CC)C(=O)c1cc(Nc2ccc(F)cc2F)nc(C)n1. The summed E-state index contributed by atoms with van der Waals surface area (Å²) in [6.45, 7) is 6.53. The van der Waals surface area contributed by atoms with Crippen molar-refractivity contribution in [2.75, 3.05) is 18.4 Å². The molecule has 122 valence electrons. The number of aromatic nitrogens is 2. The Labute approximate surface area is 133 Å². The highest BCUT2D eigenvalue weighted by Gasteiger charge is 2.16. The molecule has 0 atom stereocenters. The number of halogens is 2. The largest absolute Gasteiger partial charge is 0.338 e. The van der Waals surface area contributed by atoms with Crippen LogP contribution in [0.5, 0.6) is 0 Å². The van der Waals surface area contributed by atoms with Crippen LogP contribution < -0.4 is 5.32 Å². The first-order chi connectivity index (χ1) is 10.9. The summed E-state index contributed by atoms with van der Waals surface area (Å²) in [4.78, 5) is 22.3. The lowest BCUT2D eigenvalue weighted by atomic mass is 10.2. The van der Waals surface area contributed by atoms with Gasteiger partial charge >= 0.3 is 0 Å². The molecule has 1 heterocycles. The number of anilines is 2. The van der Waals surface area contributed by atoms with Crippen LogP contribution >= 0.6 is 0 Å². The van der Waals surface area contributed by atoms with Crippen molar-refractivity contribution in [1.29, 1.82) is 0 Å². The van der Waals surface area contributed by atoms with E-state index in [1.165, 1.54) is 12.1 Å². The third-order valence-electron chi connectivity index (χ3n) is 3.30. The zero-order valence-corrected chi connectivity index (χ0v) is 13.2. The molecule has 0 aliphatic heterocycles. The van der Waals surface area contributed by atoms with Crippen molar-refractivity contribution in [3.8, 4) is 0 Å². The summed E-state index contributed by atoms with van der Waals surface area (Å²) in [5, 5.41) is 2.75. The predicted molar refractivity (Wildman–Crippen MR) is 83.7 cm³/mol. The normalized spacial score (nSPS) is 10.5. The van der Waals surface area contributed by atoms with Crippen molar-refractivity contribution in [3.05, 3.63) is 47.4 Å². The van der Waals surface area contributed by atoms with Gasteiger partial charge in [0.1, 0.15) is 29.0 Å². The standard InChI is InChI=1S/C16H18F2N4O/c1-4-22(5-2)16(23)14-9-15(20-10(3)19-14)21-13-7-6-11(17)8-12(13)18/h6-9H,4-5H2,1-3H3,(H,19,20,21). The van der Waals surface area contributed by atoms with Crippen LogP contribution in [-0.4, -0.2) is 33.9 Å². The Morgan fingerprint density at radius 1 is 1.17 bits per heavy atom. The summed E-state index contributed by atoms with van der Waals surface area (Å²) in [5.41, 5.74) is 0.303. The average Bonchev–Trinajstić information content (AvgIpc) is 2.50. The van der Waals surface area contributed by atoms with Crippen molar-refractivity contribution in [2.24, 2.45) is 0 Å². The van der Waals surface area contributed by atoms with Gasteiger partial charge in [-0.1, -0.05) is 0 Å². The molecule has 0 aliphatic rings. The molecule has 0 radical (unpaired) electrons. The van der Waals surface area contributed by atoms with Crippen LogP contribution in [0, 0.1) is 18.6 Å². The van der Waals surface area contributed by atoms with E-state index in [0.29, 0.717) is 18.9 Å². The van der Waals surface area contributed by atoms with Crippen LogP contribution in [0.1, 0.15) is 30.2 Å². The summed E-state index contributed by atoms with van der Waals surface area (Å²) < 4.78 is 26.7. The molecule has 2 rings (SSSR count). The maximum atomic E-state index is 13.7. The molecular formula is C16H18F2N4O. The van der Waals surface area contributed by atoms with Crippen molar-refractivity contribution in [3.63, 3.8) is 0 Å². The van der Waals surface area contributed by atoms with Gasteiger partial charge in [0.05, 0.1) is 5.69 Å². The maximum absolute atomic E-state index is 13.7.